The van der Waals surface area contributed by atoms with E-state index < -0.39 is 39.2 Å². The summed E-state index contributed by atoms with van der Waals surface area (Å²) >= 11 is 0. The summed E-state index contributed by atoms with van der Waals surface area (Å²) < 4.78 is 63.4. The second-order valence-corrected chi connectivity index (χ2v) is 5.39. The molecule has 106 valence electrons. The fourth-order valence-electron chi connectivity index (χ4n) is 1.45. The topological polar surface area (TPSA) is 86.6 Å². The van der Waals surface area contributed by atoms with Crippen LogP contribution in [0.25, 0.3) is 0 Å². The van der Waals surface area contributed by atoms with E-state index in [9.17, 15) is 21.6 Å². The summed E-state index contributed by atoms with van der Waals surface area (Å²) in [6.07, 6.45) is -4.89. The van der Waals surface area contributed by atoms with Crippen molar-refractivity contribution in [1.29, 1.82) is 0 Å². The molecule has 1 aromatic carbocycles. The summed E-state index contributed by atoms with van der Waals surface area (Å²) in [7, 11) is -6.39. The van der Waals surface area contributed by atoms with Crippen LogP contribution in [0.3, 0.4) is 0 Å². The molecule has 0 spiro atoms. The summed E-state index contributed by atoms with van der Waals surface area (Å²) in [5, 5.41) is 17.7. The van der Waals surface area contributed by atoms with Gasteiger partial charge in [-0.05, 0) is 17.6 Å². The lowest BCUT2D eigenvalue weighted by atomic mass is 9.77. The Morgan fingerprint density at radius 2 is 1.89 bits per heavy atom. The lowest BCUT2D eigenvalue weighted by Gasteiger charge is -2.14. The van der Waals surface area contributed by atoms with Gasteiger partial charge in [-0.1, -0.05) is 13.0 Å². The van der Waals surface area contributed by atoms with Crippen LogP contribution >= 0.6 is 0 Å². The Labute approximate surface area is 108 Å². The maximum Gasteiger partial charge on any atom is 0.489 e. The molecule has 1 rings (SSSR count). The summed E-state index contributed by atoms with van der Waals surface area (Å²) in [6.45, 7) is 1.50. The molecule has 0 atom stereocenters. The van der Waals surface area contributed by atoms with Crippen molar-refractivity contribution < 1.29 is 31.6 Å². The molecule has 0 saturated heterocycles. The molecule has 0 radical (unpaired) electrons. The van der Waals surface area contributed by atoms with Crippen LogP contribution < -0.4 is 10.2 Å². The molecule has 10 heteroatoms. The van der Waals surface area contributed by atoms with E-state index >= 15 is 0 Å². The minimum Gasteiger partial charge on any atom is -0.423 e. The first-order chi connectivity index (χ1) is 8.59. The molecule has 5 nitrogen and oxygen atoms in total. The number of nitrogens with one attached hydrogen (secondary N) is 1. The van der Waals surface area contributed by atoms with Crippen LogP contribution in [0, 0.1) is 0 Å². The van der Waals surface area contributed by atoms with Gasteiger partial charge in [0.2, 0.25) is 10.0 Å². The fourth-order valence-corrected chi connectivity index (χ4v) is 2.51. The lowest BCUT2D eigenvalue weighted by molar-refractivity contribution is -0.137. The second-order valence-electron chi connectivity index (χ2n) is 3.62. The van der Waals surface area contributed by atoms with Crippen molar-refractivity contribution in [1.82, 2.24) is 4.72 Å². The Kier molecular flexibility index (Phi) is 4.61. The molecule has 0 aliphatic carbocycles. The van der Waals surface area contributed by atoms with Crippen LogP contribution in [-0.4, -0.2) is 32.1 Å². The first-order valence-corrected chi connectivity index (χ1v) is 6.65. The normalized spacial score (nSPS) is 12.5. The van der Waals surface area contributed by atoms with Crippen molar-refractivity contribution >= 4 is 22.6 Å². The van der Waals surface area contributed by atoms with Crippen LogP contribution in [0.2, 0.25) is 0 Å². The third-order valence-electron chi connectivity index (χ3n) is 2.25. The maximum atomic E-state index is 12.7. The summed E-state index contributed by atoms with van der Waals surface area (Å²) in [4.78, 5) is -0.592. The Bertz CT molecular complexity index is 559. The van der Waals surface area contributed by atoms with Gasteiger partial charge in [-0.2, -0.15) is 13.2 Å². The highest BCUT2D eigenvalue weighted by Crippen LogP contribution is 2.29. The first kappa shape index (κ1) is 16.0. The zero-order valence-electron chi connectivity index (χ0n) is 9.77. The zero-order chi connectivity index (χ0) is 14.8. The van der Waals surface area contributed by atoms with E-state index in [0.717, 1.165) is 12.1 Å². The van der Waals surface area contributed by atoms with Crippen LogP contribution in [0.4, 0.5) is 13.2 Å². The minimum atomic E-state index is -4.89. The molecule has 0 unspecified atom stereocenters. The molecule has 19 heavy (non-hydrogen) atoms. The van der Waals surface area contributed by atoms with Gasteiger partial charge in [0.1, 0.15) is 0 Å². The summed E-state index contributed by atoms with van der Waals surface area (Å²) in [5.41, 5.74) is -2.20. The largest absolute Gasteiger partial charge is 0.489 e. The summed E-state index contributed by atoms with van der Waals surface area (Å²) in [5.74, 6) is 0. The Hall–Kier alpha value is -1.10. The number of hydrogen-bond acceptors (Lipinski definition) is 4. The van der Waals surface area contributed by atoms with Gasteiger partial charge in [-0.15, -0.1) is 0 Å². The molecule has 1 aromatic rings. The predicted molar refractivity (Wildman–Crippen MR) is 62.1 cm³/mol. The molecule has 0 aromatic heterocycles. The summed E-state index contributed by atoms with van der Waals surface area (Å²) in [6, 6.07) is 1.96. The van der Waals surface area contributed by atoms with Crippen molar-refractivity contribution in [2.45, 2.75) is 18.0 Å². The highest BCUT2D eigenvalue weighted by atomic mass is 32.2. The molecule has 0 amide bonds. The minimum absolute atomic E-state index is 0.0219. The number of sulfonamides is 1. The van der Waals surface area contributed by atoms with E-state index in [2.05, 4.69) is 0 Å². The fraction of sp³-hybridized carbons (Fsp3) is 0.333. The Balaban J connectivity index is 3.43. The zero-order valence-corrected chi connectivity index (χ0v) is 10.6. The van der Waals surface area contributed by atoms with Crippen molar-refractivity contribution in [3.8, 4) is 0 Å². The highest BCUT2D eigenvalue weighted by molar-refractivity contribution is 7.89. The van der Waals surface area contributed by atoms with Crippen molar-refractivity contribution in [2.75, 3.05) is 6.54 Å². The molecule has 0 saturated carbocycles. The standard InChI is InChI=1S/C9H11BF3NO4S/c1-2-14-19(17,18)6-3-4-8(10(15)16)7(5-6)9(11,12)13/h3-5,14-16H,2H2,1H3. The molecule has 0 aliphatic rings. The van der Waals surface area contributed by atoms with Crippen molar-refractivity contribution in [3.63, 3.8) is 0 Å². The molecular formula is C9H11BF3NO4S. The molecule has 0 heterocycles. The molecule has 0 aliphatic heterocycles. The van der Waals surface area contributed by atoms with E-state index in [0.29, 0.717) is 6.07 Å². The van der Waals surface area contributed by atoms with Crippen LogP contribution in [-0.2, 0) is 16.2 Å². The van der Waals surface area contributed by atoms with E-state index in [4.69, 9.17) is 10.0 Å². The molecule has 3 N–H and O–H groups in total. The predicted octanol–water partition coefficient (Wildman–Crippen LogP) is -0.317. The van der Waals surface area contributed by atoms with E-state index in [-0.39, 0.29) is 6.54 Å². The van der Waals surface area contributed by atoms with Crippen molar-refractivity contribution in [2.24, 2.45) is 0 Å². The average molecular weight is 297 g/mol. The number of rotatable bonds is 4. The second kappa shape index (κ2) is 5.49. The number of hydrogen-bond donors (Lipinski definition) is 3. The van der Waals surface area contributed by atoms with Gasteiger partial charge in [0.25, 0.3) is 0 Å². The van der Waals surface area contributed by atoms with Gasteiger partial charge >= 0.3 is 13.3 Å². The molecule has 0 fully saturated rings. The van der Waals surface area contributed by atoms with Crippen LogP contribution in [0.5, 0.6) is 0 Å². The maximum absolute atomic E-state index is 12.7. The highest BCUT2D eigenvalue weighted by Gasteiger charge is 2.37. The number of alkyl halides is 3. The average Bonchev–Trinajstić information content (AvgIpc) is 2.26. The van der Waals surface area contributed by atoms with Gasteiger partial charge in [0.05, 0.1) is 10.5 Å². The quantitative estimate of drug-likeness (QED) is 0.665. The van der Waals surface area contributed by atoms with E-state index in [1.54, 1.807) is 0 Å². The third kappa shape index (κ3) is 3.69. The van der Waals surface area contributed by atoms with Gasteiger partial charge in [-0.3, -0.25) is 0 Å². The number of benzene rings is 1. The Morgan fingerprint density at radius 1 is 1.32 bits per heavy atom. The lowest BCUT2D eigenvalue weighted by Crippen LogP contribution is -2.36. The Morgan fingerprint density at radius 3 is 2.32 bits per heavy atom. The van der Waals surface area contributed by atoms with Gasteiger partial charge < -0.3 is 10.0 Å². The van der Waals surface area contributed by atoms with Crippen LogP contribution in [0.1, 0.15) is 12.5 Å². The first-order valence-electron chi connectivity index (χ1n) is 5.16. The van der Waals surface area contributed by atoms with E-state index in [1.165, 1.54) is 6.92 Å². The molecule has 0 bridgehead atoms. The SMILES string of the molecule is CCNS(=O)(=O)c1ccc(B(O)O)c(C(F)(F)F)c1. The van der Waals surface area contributed by atoms with E-state index in [1.807, 2.05) is 4.72 Å². The van der Waals surface area contributed by atoms with Gasteiger partial charge in [-0.25, -0.2) is 13.1 Å². The van der Waals surface area contributed by atoms with Gasteiger partial charge in [0.15, 0.2) is 0 Å². The van der Waals surface area contributed by atoms with Gasteiger partial charge in [0, 0.05) is 6.54 Å². The smallest absolute Gasteiger partial charge is 0.423 e. The van der Waals surface area contributed by atoms with Crippen molar-refractivity contribution in [3.05, 3.63) is 23.8 Å². The monoisotopic (exact) mass is 297 g/mol. The number of halogens is 3. The van der Waals surface area contributed by atoms with Crippen LogP contribution in [0.15, 0.2) is 23.1 Å². The third-order valence-corrected chi connectivity index (χ3v) is 3.80. The molecular weight excluding hydrogens is 286 g/mol.